The molecule has 0 heterocycles. The third-order valence-electron chi connectivity index (χ3n) is 2.65. The topological polar surface area (TPSA) is 26.3 Å². The summed E-state index contributed by atoms with van der Waals surface area (Å²) in [7, 11) is 1.29. The lowest BCUT2D eigenvalue weighted by atomic mass is 10.0. The van der Waals surface area contributed by atoms with Gasteiger partial charge in [0.1, 0.15) is 17.4 Å². The summed E-state index contributed by atoms with van der Waals surface area (Å²) in [6.45, 7) is 0. The zero-order valence-electron chi connectivity index (χ0n) is 10.2. The second-order valence-electron chi connectivity index (χ2n) is 3.92. The summed E-state index contributed by atoms with van der Waals surface area (Å²) in [5.74, 6) is -2.63. The van der Waals surface area contributed by atoms with Gasteiger partial charge in [0.05, 0.1) is 12.7 Å². The quantitative estimate of drug-likeness (QED) is 0.690. The van der Waals surface area contributed by atoms with Crippen LogP contribution in [0.1, 0.15) is 15.9 Å². The van der Waals surface area contributed by atoms with E-state index in [0.29, 0.717) is 4.47 Å². The van der Waals surface area contributed by atoms with E-state index in [4.69, 9.17) is 4.74 Å². The number of carbonyl (C=O) groups excluding carboxylic acids is 1. The van der Waals surface area contributed by atoms with Gasteiger partial charge in [0, 0.05) is 26.6 Å². The summed E-state index contributed by atoms with van der Waals surface area (Å²) in [6.07, 6.45) is 0. The molecule has 2 nitrogen and oxygen atoms in total. The van der Waals surface area contributed by atoms with Crippen LogP contribution in [0.15, 0.2) is 39.3 Å². The van der Waals surface area contributed by atoms with Crippen molar-refractivity contribution in [2.45, 2.75) is 0 Å². The minimum Gasteiger partial charge on any atom is -0.497 e. The zero-order chi connectivity index (χ0) is 14.9. The van der Waals surface area contributed by atoms with E-state index >= 15 is 0 Å². The molecule has 0 bridgehead atoms. The molecule has 0 radical (unpaired) electrons. The van der Waals surface area contributed by atoms with E-state index in [1.165, 1.54) is 13.2 Å². The van der Waals surface area contributed by atoms with Gasteiger partial charge in [-0.3, -0.25) is 4.79 Å². The van der Waals surface area contributed by atoms with Crippen LogP contribution in [0.2, 0.25) is 0 Å². The Morgan fingerprint density at radius 2 is 1.70 bits per heavy atom. The molecule has 0 saturated heterocycles. The summed E-state index contributed by atoms with van der Waals surface area (Å²) >= 11 is 6.45. The van der Waals surface area contributed by atoms with Gasteiger partial charge >= 0.3 is 0 Å². The third-order valence-corrected chi connectivity index (χ3v) is 3.80. The number of ether oxygens (including phenoxy) is 1. The molecular weight excluding hydrogens is 398 g/mol. The SMILES string of the molecule is COc1cc(F)c(C(=O)c2ccc(Br)cc2Br)c(F)c1. The van der Waals surface area contributed by atoms with Crippen LogP contribution in [0.5, 0.6) is 5.75 Å². The normalized spacial score (nSPS) is 10.4. The molecular formula is C14H8Br2F2O2. The predicted molar refractivity (Wildman–Crippen MR) is 78.2 cm³/mol. The number of halogens is 4. The van der Waals surface area contributed by atoms with Crippen molar-refractivity contribution in [2.75, 3.05) is 7.11 Å². The number of rotatable bonds is 3. The second kappa shape index (κ2) is 6.01. The molecule has 0 saturated carbocycles. The van der Waals surface area contributed by atoms with Crippen molar-refractivity contribution in [3.8, 4) is 5.75 Å². The summed E-state index contributed by atoms with van der Waals surface area (Å²) in [5.41, 5.74) is -0.426. The highest BCUT2D eigenvalue weighted by Gasteiger charge is 2.22. The zero-order valence-corrected chi connectivity index (χ0v) is 13.4. The number of methoxy groups -OCH3 is 1. The standard InChI is InChI=1S/C14H8Br2F2O2/c1-20-8-5-11(17)13(12(18)6-8)14(19)9-3-2-7(15)4-10(9)16/h2-6H,1H3. The van der Waals surface area contributed by atoms with Crippen molar-refractivity contribution in [2.24, 2.45) is 0 Å². The van der Waals surface area contributed by atoms with Gasteiger partial charge in [-0.2, -0.15) is 0 Å². The largest absolute Gasteiger partial charge is 0.497 e. The van der Waals surface area contributed by atoms with Crippen molar-refractivity contribution >= 4 is 37.6 Å². The molecule has 0 spiro atoms. The van der Waals surface area contributed by atoms with Gasteiger partial charge in [0.25, 0.3) is 0 Å². The average molecular weight is 406 g/mol. The molecule has 6 heteroatoms. The third kappa shape index (κ3) is 2.91. The summed E-state index contributed by atoms with van der Waals surface area (Å²) in [4.78, 5) is 12.3. The van der Waals surface area contributed by atoms with Crippen molar-refractivity contribution in [3.05, 3.63) is 62.0 Å². The molecule has 20 heavy (non-hydrogen) atoms. The first-order chi connectivity index (χ1) is 9.43. The molecule has 0 aliphatic carbocycles. The summed E-state index contributed by atoms with van der Waals surface area (Å²) in [6, 6.07) is 6.69. The van der Waals surface area contributed by atoms with Crippen molar-refractivity contribution < 1.29 is 18.3 Å². The van der Waals surface area contributed by atoms with E-state index < -0.39 is 23.0 Å². The molecule has 2 aromatic carbocycles. The van der Waals surface area contributed by atoms with Gasteiger partial charge in [-0.1, -0.05) is 15.9 Å². The van der Waals surface area contributed by atoms with Gasteiger partial charge in [-0.15, -0.1) is 0 Å². The maximum atomic E-state index is 13.9. The van der Waals surface area contributed by atoms with Crippen LogP contribution < -0.4 is 4.74 Å². The molecule has 2 aromatic rings. The van der Waals surface area contributed by atoms with Crippen molar-refractivity contribution in [3.63, 3.8) is 0 Å². The lowest BCUT2D eigenvalue weighted by Crippen LogP contribution is -2.08. The Bertz CT molecular complexity index is 664. The maximum Gasteiger partial charge on any atom is 0.200 e. The smallest absolute Gasteiger partial charge is 0.200 e. The van der Waals surface area contributed by atoms with Crippen LogP contribution in [0.3, 0.4) is 0 Å². The van der Waals surface area contributed by atoms with E-state index in [-0.39, 0.29) is 11.3 Å². The van der Waals surface area contributed by atoms with E-state index in [1.807, 2.05) is 0 Å². The minimum absolute atomic E-state index is 0.0198. The number of hydrogen-bond acceptors (Lipinski definition) is 2. The van der Waals surface area contributed by atoms with E-state index in [2.05, 4.69) is 31.9 Å². The number of carbonyl (C=O) groups is 1. The highest BCUT2D eigenvalue weighted by atomic mass is 79.9. The molecule has 0 fully saturated rings. The van der Waals surface area contributed by atoms with Crippen molar-refractivity contribution in [1.82, 2.24) is 0 Å². The predicted octanol–water partition coefficient (Wildman–Crippen LogP) is 4.73. The highest BCUT2D eigenvalue weighted by molar-refractivity contribution is 9.11. The fourth-order valence-corrected chi connectivity index (χ4v) is 2.92. The second-order valence-corrected chi connectivity index (χ2v) is 5.69. The molecule has 0 aliphatic heterocycles. The van der Waals surface area contributed by atoms with Crippen LogP contribution in [0.4, 0.5) is 8.78 Å². The molecule has 0 atom stereocenters. The summed E-state index contributed by atoms with van der Waals surface area (Å²) < 4.78 is 33.7. The minimum atomic E-state index is -0.957. The Hall–Kier alpha value is -1.27. The van der Waals surface area contributed by atoms with Crippen LogP contribution in [-0.4, -0.2) is 12.9 Å². The number of benzene rings is 2. The van der Waals surface area contributed by atoms with E-state index in [9.17, 15) is 13.6 Å². The van der Waals surface area contributed by atoms with Gasteiger partial charge in [0.15, 0.2) is 5.78 Å². The molecule has 0 aromatic heterocycles. The van der Waals surface area contributed by atoms with Crippen LogP contribution in [-0.2, 0) is 0 Å². The fourth-order valence-electron chi connectivity index (χ4n) is 1.69. The van der Waals surface area contributed by atoms with Crippen molar-refractivity contribution in [1.29, 1.82) is 0 Å². The lowest BCUT2D eigenvalue weighted by molar-refractivity contribution is 0.103. The first-order valence-electron chi connectivity index (χ1n) is 5.47. The molecule has 2 rings (SSSR count). The summed E-state index contributed by atoms with van der Waals surface area (Å²) in [5, 5.41) is 0. The first-order valence-corrected chi connectivity index (χ1v) is 7.05. The average Bonchev–Trinajstić information content (AvgIpc) is 2.37. The van der Waals surface area contributed by atoms with Crippen LogP contribution >= 0.6 is 31.9 Å². The Morgan fingerprint density at radius 3 is 2.20 bits per heavy atom. The lowest BCUT2D eigenvalue weighted by Gasteiger charge is -2.08. The van der Waals surface area contributed by atoms with Gasteiger partial charge < -0.3 is 4.74 Å². The monoisotopic (exact) mass is 404 g/mol. The van der Waals surface area contributed by atoms with Crippen LogP contribution in [0, 0.1) is 11.6 Å². The van der Waals surface area contributed by atoms with E-state index in [1.54, 1.807) is 12.1 Å². The molecule has 0 aliphatic rings. The first kappa shape index (κ1) is 15.1. The number of ketones is 1. The fraction of sp³-hybridized carbons (Fsp3) is 0.0714. The maximum absolute atomic E-state index is 13.9. The Balaban J connectivity index is 2.54. The highest BCUT2D eigenvalue weighted by Crippen LogP contribution is 2.27. The molecule has 0 N–H and O–H groups in total. The molecule has 0 amide bonds. The Morgan fingerprint density at radius 1 is 1.10 bits per heavy atom. The Kier molecular flexibility index (Phi) is 4.55. The van der Waals surface area contributed by atoms with Gasteiger partial charge in [-0.05, 0) is 34.1 Å². The van der Waals surface area contributed by atoms with Gasteiger partial charge in [0.2, 0.25) is 0 Å². The molecule has 0 unspecified atom stereocenters. The van der Waals surface area contributed by atoms with E-state index in [0.717, 1.165) is 16.6 Å². The molecule has 104 valence electrons. The van der Waals surface area contributed by atoms with Gasteiger partial charge in [-0.25, -0.2) is 8.78 Å². The van der Waals surface area contributed by atoms with Crippen LogP contribution in [0.25, 0.3) is 0 Å². The Labute approximate surface area is 131 Å². The number of hydrogen-bond donors (Lipinski definition) is 0.